The quantitative estimate of drug-likeness (QED) is 0.213. The van der Waals surface area contributed by atoms with Crippen LogP contribution in [0.5, 0.6) is 11.5 Å². The number of aryl methyl sites for hydroxylation is 1. The van der Waals surface area contributed by atoms with Crippen molar-refractivity contribution in [3.8, 4) is 22.8 Å². The molecule has 2 aromatic heterocycles. The largest absolute Gasteiger partial charge is 0.457 e. The fourth-order valence-electron chi connectivity index (χ4n) is 5.20. The summed E-state index contributed by atoms with van der Waals surface area (Å²) in [5.41, 5.74) is 1.40. The van der Waals surface area contributed by atoms with E-state index in [1.807, 2.05) is 0 Å². The minimum Gasteiger partial charge on any atom is -0.457 e. The Bertz CT molecular complexity index is 1880. The lowest BCUT2D eigenvalue weighted by Gasteiger charge is -2.28. The summed E-state index contributed by atoms with van der Waals surface area (Å²) in [4.78, 5) is 28.8. The lowest BCUT2D eigenvalue weighted by Crippen LogP contribution is -2.38. The molecule has 0 unspecified atom stereocenters. The zero-order valence-corrected chi connectivity index (χ0v) is 22.0. The predicted octanol–water partition coefficient (Wildman–Crippen LogP) is 6.83. The van der Waals surface area contributed by atoms with E-state index < -0.39 is 41.9 Å². The van der Waals surface area contributed by atoms with Crippen LogP contribution in [0.25, 0.3) is 22.4 Å². The average molecular weight is 585 g/mol. The molecule has 0 saturated carbocycles. The molecule has 6 rings (SSSR count). The van der Waals surface area contributed by atoms with Crippen LogP contribution < -0.4 is 10.5 Å². The van der Waals surface area contributed by atoms with Crippen LogP contribution in [0.1, 0.15) is 45.7 Å². The second kappa shape index (κ2) is 9.57. The SMILES string of the molecule is Cc1cc(Oc2ccc([C@H]3c4c(-c5cccc6[nH]c(=O)oc56)n[nH]c4C(=O)N3CC(C)(F)F)cc2)cc(C(F)(F)F)c1. The van der Waals surface area contributed by atoms with Crippen molar-refractivity contribution in [1.29, 1.82) is 0 Å². The van der Waals surface area contributed by atoms with Crippen molar-refractivity contribution in [1.82, 2.24) is 20.1 Å². The van der Waals surface area contributed by atoms with E-state index in [0.29, 0.717) is 34.7 Å². The summed E-state index contributed by atoms with van der Waals surface area (Å²) in [5, 5.41) is 6.94. The van der Waals surface area contributed by atoms with Crippen molar-refractivity contribution in [2.75, 3.05) is 6.54 Å². The topological polar surface area (TPSA) is 104 Å². The van der Waals surface area contributed by atoms with Gasteiger partial charge >= 0.3 is 11.9 Å². The highest BCUT2D eigenvalue weighted by atomic mass is 19.4. The molecule has 0 radical (unpaired) electrons. The summed E-state index contributed by atoms with van der Waals surface area (Å²) in [6.45, 7) is 1.32. The number of aromatic amines is 2. The van der Waals surface area contributed by atoms with E-state index in [0.717, 1.165) is 17.0 Å². The Kier molecular flexibility index (Phi) is 6.21. The van der Waals surface area contributed by atoms with Crippen molar-refractivity contribution in [3.63, 3.8) is 0 Å². The molecule has 0 bridgehead atoms. The third-order valence-electron chi connectivity index (χ3n) is 6.82. The van der Waals surface area contributed by atoms with Gasteiger partial charge in [0, 0.05) is 18.1 Å². The van der Waals surface area contributed by atoms with Crippen molar-refractivity contribution in [3.05, 3.63) is 99.2 Å². The molecule has 0 aliphatic carbocycles. The summed E-state index contributed by atoms with van der Waals surface area (Å²) < 4.78 is 79.3. The summed E-state index contributed by atoms with van der Waals surface area (Å²) in [5.74, 6) is -4.46. The molecule has 3 aromatic carbocycles. The standard InChI is InChI=1S/C29H21F5N4O4/c1-14-10-16(29(32,33)34)12-18(11-14)41-17-8-6-15(7-9-17)24-21-22(19-4-3-5-20-25(19)42-27(40)35-20)36-37-23(21)26(39)38(24)13-28(2,30)31/h3-12,24H,13H2,1-2H3,(H,35,40)(H,36,37)/t24-/m0/s1. The Balaban J connectivity index is 1.41. The average Bonchev–Trinajstić information content (AvgIpc) is 3.56. The highest BCUT2D eigenvalue weighted by Gasteiger charge is 2.45. The molecular formula is C29H21F5N4O4. The van der Waals surface area contributed by atoms with Gasteiger partial charge in [-0.3, -0.25) is 14.9 Å². The van der Waals surface area contributed by atoms with Crippen LogP contribution in [0.15, 0.2) is 69.9 Å². The molecule has 216 valence electrons. The maximum atomic E-state index is 14.3. The van der Waals surface area contributed by atoms with E-state index in [2.05, 4.69) is 15.2 Å². The van der Waals surface area contributed by atoms with Gasteiger partial charge in [-0.2, -0.15) is 18.3 Å². The van der Waals surface area contributed by atoms with Crippen molar-refractivity contribution < 1.29 is 35.9 Å². The number of carbonyl (C=O) groups is 1. The molecule has 0 fully saturated rings. The Morgan fingerprint density at radius 3 is 2.43 bits per heavy atom. The van der Waals surface area contributed by atoms with Crippen molar-refractivity contribution in [2.45, 2.75) is 32.0 Å². The molecule has 1 aliphatic heterocycles. The van der Waals surface area contributed by atoms with Gasteiger partial charge in [-0.05, 0) is 60.5 Å². The number of H-pyrrole nitrogens is 2. The second-order valence-electron chi connectivity index (χ2n) is 10.2. The van der Waals surface area contributed by atoms with Gasteiger partial charge in [0.25, 0.3) is 11.8 Å². The maximum Gasteiger partial charge on any atom is 0.417 e. The third kappa shape index (κ3) is 4.91. The van der Waals surface area contributed by atoms with Crippen LogP contribution >= 0.6 is 0 Å². The molecule has 8 nitrogen and oxygen atoms in total. The molecule has 1 aliphatic rings. The van der Waals surface area contributed by atoms with E-state index in [1.54, 1.807) is 18.2 Å². The molecule has 13 heteroatoms. The Morgan fingerprint density at radius 1 is 1.00 bits per heavy atom. The zero-order chi connectivity index (χ0) is 30.0. The number of halogens is 5. The van der Waals surface area contributed by atoms with Crippen LogP contribution in [-0.4, -0.2) is 38.5 Å². The van der Waals surface area contributed by atoms with Gasteiger partial charge in [0.05, 0.1) is 23.7 Å². The highest BCUT2D eigenvalue weighted by molar-refractivity contribution is 6.02. The number of nitrogens with zero attached hydrogens (tertiary/aromatic N) is 2. The van der Waals surface area contributed by atoms with Crippen LogP contribution in [0.2, 0.25) is 0 Å². The van der Waals surface area contributed by atoms with E-state index in [-0.39, 0.29) is 28.5 Å². The normalized spacial score (nSPS) is 15.5. The minimum atomic E-state index is -4.55. The first kappa shape index (κ1) is 27.2. The number of benzene rings is 3. The number of oxazole rings is 1. The van der Waals surface area contributed by atoms with Crippen LogP contribution in [0.3, 0.4) is 0 Å². The summed E-state index contributed by atoms with van der Waals surface area (Å²) >= 11 is 0. The number of alkyl halides is 5. The minimum absolute atomic E-state index is 0.00824. The van der Waals surface area contributed by atoms with E-state index in [1.165, 1.54) is 37.3 Å². The first-order valence-electron chi connectivity index (χ1n) is 12.6. The van der Waals surface area contributed by atoms with Gasteiger partial charge in [0.15, 0.2) is 5.58 Å². The molecule has 42 heavy (non-hydrogen) atoms. The monoisotopic (exact) mass is 584 g/mol. The second-order valence-corrected chi connectivity index (χ2v) is 10.2. The van der Waals surface area contributed by atoms with Crippen LogP contribution in [0.4, 0.5) is 22.0 Å². The zero-order valence-electron chi connectivity index (χ0n) is 22.0. The van der Waals surface area contributed by atoms with Gasteiger partial charge in [-0.25, -0.2) is 13.6 Å². The molecule has 5 aromatic rings. The number of para-hydroxylation sites is 1. The number of aromatic nitrogens is 3. The number of carbonyl (C=O) groups excluding carboxylic acids is 1. The first-order valence-corrected chi connectivity index (χ1v) is 12.6. The molecule has 3 heterocycles. The van der Waals surface area contributed by atoms with Gasteiger partial charge in [-0.1, -0.05) is 18.2 Å². The number of ether oxygens (including phenoxy) is 1. The Hall–Kier alpha value is -4.94. The highest BCUT2D eigenvalue weighted by Crippen LogP contribution is 2.45. The number of hydrogen-bond donors (Lipinski definition) is 2. The molecule has 0 spiro atoms. The van der Waals surface area contributed by atoms with E-state index in [4.69, 9.17) is 9.15 Å². The Labute approximate surface area is 233 Å². The Morgan fingerprint density at radius 2 is 1.74 bits per heavy atom. The van der Waals surface area contributed by atoms with Gasteiger partial charge < -0.3 is 14.1 Å². The lowest BCUT2D eigenvalue weighted by molar-refractivity contribution is -0.137. The summed E-state index contributed by atoms with van der Waals surface area (Å²) in [6, 6.07) is 13.2. The van der Waals surface area contributed by atoms with Gasteiger partial charge in [0.1, 0.15) is 22.9 Å². The summed E-state index contributed by atoms with van der Waals surface area (Å²) in [6.07, 6.45) is -4.55. The molecule has 1 amide bonds. The molecule has 0 saturated heterocycles. The predicted molar refractivity (Wildman–Crippen MR) is 141 cm³/mol. The van der Waals surface area contributed by atoms with Gasteiger partial charge in [-0.15, -0.1) is 0 Å². The fourth-order valence-corrected chi connectivity index (χ4v) is 5.20. The molecule has 2 N–H and O–H groups in total. The van der Waals surface area contributed by atoms with Crippen molar-refractivity contribution >= 4 is 17.0 Å². The lowest BCUT2D eigenvalue weighted by atomic mass is 9.95. The third-order valence-corrected chi connectivity index (χ3v) is 6.82. The molecule has 1 atom stereocenters. The number of fused-ring (bicyclic) bond motifs is 2. The maximum absolute atomic E-state index is 14.3. The number of amides is 1. The van der Waals surface area contributed by atoms with Gasteiger partial charge in [0.2, 0.25) is 0 Å². The fraction of sp³-hybridized carbons (Fsp3) is 0.207. The van der Waals surface area contributed by atoms with Crippen molar-refractivity contribution in [2.24, 2.45) is 0 Å². The van der Waals surface area contributed by atoms with E-state index in [9.17, 15) is 31.5 Å². The number of nitrogens with one attached hydrogen (secondary N) is 2. The molecular weight excluding hydrogens is 563 g/mol. The summed E-state index contributed by atoms with van der Waals surface area (Å²) in [7, 11) is 0. The number of hydrogen-bond acceptors (Lipinski definition) is 5. The first-order chi connectivity index (χ1) is 19.8. The number of rotatable bonds is 6. The van der Waals surface area contributed by atoms with Crippen LogP contribution in [-0.2, 0) is 6.18 Å². The smallest absolute Gasteiger partial charge is 0.417 e. The van der Waals surface area contributed by atoms with Crippen LogP contribution in [0, 0.1) is 6.92 Å². The van der Waals surface area contributed by atoms with E-state index >= 15 is 0 Å².